The minimum atomic E-state index is -3.91. The number of nitrogens with two attached hydrogens (primary N) is 1. The summed E-state index contributed by atoms with van der Waals surface area (Å²) in [6.07, 6.45) is 2.31. The van der Waals surface area contributed by atoms with Crippen LogP contribution in [0.1, 0.15) is 31.4 Å². The summed E-state index contributed by atoms with van der Waals surface area (Å²) < 4.78 is 48.1. The van der Waals surface area contributed by atoms with E-state index < -0.39 is 25.1 Å². The first-order chi connectivity index (χ1) is 9.71. The molecule has 126 valence electrons. The van der Waals surface area contributed by atoms with Crippen LogP contribution in [0, 0.1) is 0 Å². The molecule has 1 aromatic rings. The van der Waals surface area contributed by atoms with E-state index in [4.69, 9.17) is 5.14 Å². The number of fused-ring (bicyclic) bond motifs is 1. The molecule has 1 aliphatic rings. The van der Waals surface area contributed by atoms with Crippen LogP contribution < -0.4 is 10.5 Å². The number of thiophene rings is 1. The maximum absolute atomic E-state index is 12.6. The summed E-state index contributed by atoms with van der Waals surface area (Å²) in [5.74, 6) is 0. The smallest absolute Gasteiger partial charge is 0.247 e. The monoisotopic (exact) mass is 386 g/mol. The zero-order valence-electron chi connectivity index (χ0n) is 12.0. The number of halogens is 1. The van der Waals surface area contributed by atoms with Crippen molar-refractivity contribution in [3.05, 3.63) is 24.3 Å². The molecule has 2 atom stereocenters. The molecule has 1 aromatic heterocycles. The largest absolute Gasteiger partial charge is 0.310 e. The van der Waals surface area contributed by atoms with Gasteiger partial charge in [0, 0.05) is 11.6 Å². The van der Waals surface area contributed by atoms with Crippen molar-refractivity contribution in [3.8, 4) is 0 Å². The Hall–Kier alpha value is -0.450. The average Bonchev–Trinajstić information content (AvgIpc) is 2.82. The van der Waals surface area contributed by atoms with E-state index in [0.717, 1.165) is 11.3 Å². The third-order valence-corrected chi connectivity index (χ3v) is 8.76. The summed E-state index contributed by atoms with van der Waals surface area (Å²) in [6.45, 7) is 6.17. The molecule has 10 heteroatoms. The highest BCUT2D eigenvalue weighted by atomic mass is 35.5. The molecule has 3 N–H and O–H groups in total. The van der Waals surface area contributed by atoms with Gasteiger partial charge in [-0.25, -0.2) is 22.0 Å². The van der Waals surface area contributed by atoms with Crippen molar-refractivity contribution in [2.24, 2.45) is 5.14 Å². The van der Waals surface area contributed by atoms with E-state index in [2.05, 4.69) is 11.9 Å². The molecule has 0 amide bonds. The van der Waals surface area contributed by atoms with E-state index in [9.17, 15) is 16.8 Å². The van der Waals surface area contributed by atoms with Crippen molar-refractivity contribution < 1.29 is 16.8 Å². The Morgan fingerprint density at radius 1 is 1.55 bits per heavy atom. The van der Waals surface area contributed by atoms with Crippen LogP contribution in [0.4, 0.5) is 0 Å². The van der Waals surface area contributed by atoms with Gasteiger partial charge in [-0.2, -0.15) is 0 Å². The number of hydrogen-bond acceptors (Lipinski definition) is 6. The maximum atomic E-state index is 12.6. The van der Waals surface area contributed by atoms with Crippen molar-refractivity contribution in [1.82, 2.24) is 5.32 Å². The Bertz CT molecular complexity index is 755. The second-order valence-electron chi connectivity index (χ2n) is 4.89. The summed E-state index contributed by atoms with van der Waals surface area (Å²) in [6, 6.07) is 1.19. The van der Waals surface area contributed by atoms with E-state index in [1.165, 1.54) is 6.07 Å². The summed E-state index contributed by atoms with van der Waals surface area (Å²) in [5, 5.41) is 7.74. The quantitative estimate of drug-likeness (QED) is 0.747. The molecule has 0 aliphatic carbocycles. The zero-order chi connectivity index (χ0) is 15.8. The van der Waals surface area contributed by atoms with Gasteiger partial charge in [-0.05, 0) is 25.5 Å². The fraction of sp³-hybridized carbons (Fsp3) is 0.500. The van der Waals surface area contributed by atoms with E-state index in [-0.39, 0.29) is 26.9 Å². The average molecular weight is 387 g/mol. The molecule has 0 spiro atoms. The summed E-state index contributed by atoms with van der Waals surface area (Å²) in [5.41, 5.74) is 0.506. The standard InChI is InChI=1S/C12H18N2O4S3.ClH/c1-3-5-8-6-10(14-4-2)9-7-11(21(13,17)18)19-12(9)20(8,15)16;/h3,7-8,10,14H,1,4-6H2,2H3,(H2,13,17,18);1H/t8-,10-;/m1./s1. The molecular weight excluding hydrogens is 368 g/mol. The lowest BCUT2D eigenvalue weighted by Crippen LogP contribution is -2.34. The van der Waals surface area contributed by atoms with E-state index in [0.29, 0.717) is 24.9 Å². The Balaban J connectivity index is 0.00000242. The van der Waals surface area contributed by atoms with Gasteiger partial charge in [0.25, 0.3) is 0 Å². The van der Waals surface area contributed by atoms with Crippen molar-refractivity contribution in [3.63, 3.8) is 0 Å². The van der Waals surface area contributed by atoms with E-state index >= 15 is 0 Å². The van der Waals surface area contributed by atoms with Gasteiger partial charge in [0.1, 0.15) is 8.42 Å². The lowest BCUT2D eigenvalue weighted by Gasteiger charge is -2.29. The lowest BCUT2D eigenvalue weighted by atomic mass is 10.0. The molecule has 0 aromatic carbocycles. The third kappa shape index (κ3) is 3.55. The number of sulfone groups is 1. The fourth-order valence-corrected chi connectivity index (χ4v) is 7.15. The Labute approximate surface area is 141 Å². The topological polar surface area (TPSA) is 106 Å². The van der Waals surface area contributed by atoms with Gasteiger partial charge in [-0.15, -0.1) is 30.3 Å². The molecule has 0 unspecified atom stereocenters. The first-order valence-corrected chi connectivity index (χ1v) is 10.4. The predicted molar refractivity (Wildman–Crippen MR) is 89.8 cm³/mol. The molecule has 1 aliphatic heterocycles. The Morgan fingerprint density at radius 2 is 2.18 bits per heavy atom. The minimum Gasteiger partial charge on any atom is -0.310 e. The van der Waals surface area contributed by atoms with Crippen LogP contribution in [0.15, 0.2) is 27.1 Å². The van der Waals surface area contributed by atoms with Crippen LogP contribution >= 0.6 is 23.7 Å². The molecule has 22 heavy (non-hydrogen) atoms. The van der Waals surface area contributed by atoms with Crippen LogP contribution in [0.3, 0.4) is 0 Å². The molecule has 0 saturated carbocycles. The predicted octanol–water partition coefficient (Wildman–Crippen LogP) is 1.59. The van der Waals surface area contributed by atoms with Crippen LogP contribution in [-0.4, -0.2) is 28.6 Å². The summed E-state index contributed by atoms with van der Waals surface area (Å²) >= 11 is 0.733. The highest BCUT2D eigenvalue weighted by Gasteiger charge is 2.40. The SMILES string of the molecule is C=CC[C@@H]1C[C@@H](NCC)c2cc(S(N)(=O)=O)sc2S1(=O)=O.Cl. The minimum absolute atomic E-state index is 0. The van der Waals surface area contributed by atoms with E-state index in [1.54, 1.807) is 6.08 Å². The van der Waals surface area contributed by atoms with Gasteiger partial charge in [-0.1, -0.05) is 13.0 Å². The molecule has 0 fully saturated rings. The van der Waals surface area contributed by atoms with Gasteiger partial charge < -0.3 is 5.32 Å². The zero-order valence-corrected chi connectivity index (χ0v) is 15.2. The van der Waals surface area contributed by atoms with Gasteiger partial charge in [0.2, 0.25) is 10.0 Å². The summed E-state index contributed by atoms with van der Waals surface area (Å²) in [7, 11) is -7.46. The van der Waals surface area contributed by atoms with Crippen LogP contribution in [0.25, 0.3) is 0 Å². The molecular formula is C12H19ClN2O4S3. The van der Waals surface area contributed by atoms with Gasteiger partial charge in [0.15, 0.2) is 9.84 Å². The van der Waals surface area contributed by atoms with Gasteiger partial charge in [-0.3, -0.25) is 0 Å². The molecule has 2 rings (SSSR count). The van der Waals surface area contributed by atoms with Gasteiger partial charge >= 0.3 is 0 Å². The lowest BCUT2D eigenvalue weighted by molar-refractivity contribution is 0.469. The molecule has 0 radical (unpaired) electrons. The van der Waals surface area contributed by atoms with Crippen molar-refractivity contribution in [1.29, 1.82) is 0 Å². The Morgan fingerprint density at radius 3 is 2.68 bits per heavy atom. The normalized spacial score (nSPS) is 23.4. The van der Waals surface area contributed by atoms with Crippen LogP contribution in [-0.2, 0) is 19.9 Å². The highest BCUT2D eigenvalue weighted by molar-refractivity contribution is 7.95. The van der Waals surface area contributed by atoms with Crippen LogP contribution in [0.5, 0.6) is 0 Å². The second-order valence-corrected chi connectivity index (χ2v) is 10.2. The molecule has 2 heterocycles. The third-order valence-electron chi connectivity index (χ3n) is 3.43. The number of allylic oxidation sites excluding steroid dienone is 1. The first kappa shape index (κ1) is 19.6. The summed E-state index contributed by atoms with van der Waals surface area (Å²) in [4.78, 5) is 0. The Kier molecular flexibility index (Phi) is 6.22. The van der Waals surface area contributed by atoms with Crippen molar-refractivity contribution >= 4 is 43.6 Å². The number of primary sulfonamides is 1. The van der Waals surface area contributed by atoms with Crippen molar-refractivity contribution in [2.75, 3.05) is 6.54 Å². The number of nitrogens with one attached hydrogen (secondary N) is 1. The molecule has 0 bridgehead atoms. The van der Waals surface area contributed by atoms with E-state index in [1.807, 2.05) is 6.92 Å². The number of hydrogen-bond donors (Lipinski definition) is 2. The number of rotatable bonds is 5. The van der Waals surface area contributed by atoms with Crippen molar-refractivity contribution in [2.45, 2.75) is 39.5 Å². The molecule has 0 saturated heterocycles. The number of sulfonamides is 1. The fourth-order valence-electron chi connectivity index (χ4n) is 2.49. The molecule has 6 nitrogen and oxygen atoms in total. The highest BCUT2D eigenvalue weighted by Crippen LogP contribution is 2.43. The second kappa shape index (κ2) is 6.98. The maximum Gasteiger partial charge on any atom is 0.247 e. The first-order valence-electron chi connectivity index (χ1n) is 6.46. The van der Waals surface area contributed by atoms with Crippen LogP contribution in [0.2, 0.25) is 0 Å². The van der Waals surface area contributed by atoms with Gasteiger partial charge in [0.05, 0.1) is 5.25 Å².